The Bertz CT molecular complexity index is 1900. The van der Waals surface area contributed by atoms with Crippen LogP contribution in [-0.4, -0.2) is 12.6 Å². The maximum Gasteiger partial charge on any atom is 0.150 e. The zero-order valence-corrected chi connectivity index (χ0v) is 21.8. The van der Waals surface area contributed by atoms with Crippen LogP contribution in [0.15, 0.2) is 121 Å². The number of carbonyl (C=O) groups is 2. The van der Waals surface area contributed by atoms with Crippen LogP contribution in [0.25, 0.3) is 57.0 Å². The molecule has 0 bridgehead atoms. The lowest BCUT2D eigenvalue weighted by Crippen LogP contribution is -1.91. The third-order valence-corrected chi connectivity index (χ3v) is 7.24. The molecule has 2 nitrogen and oxygen atoms in total. The van der Waals surface area contributed by atoms with Crippen molar-refractivity contribution in [2.75, 3.05) is 0 Å². The summed E-state index contributed by atoms with van der Waals surface area (Å²) < 4.78 is 0. The zero-order valence-electron chi connectivity index (χ0n) is 21.8. The molecular weight excluding hydrogens is 488 g/mol. The van der Waals surface area contributed by atoms with Crippen molar-refractivity contribution in [3.63, 3.8) is 0 Å². The van der Waals surface area contributed by atoms with E-state index in [1.807, 2.05) is 48.5 Å². The highest BCUT2D eigenvalue weighted by atomic mass is 16.1. The normalized spacial score (nSPS) is 11.5. The molecule has 0 spiro atoms. The highest BCUT2D eigenvalue weighted by Crippen LogP contribution is 2.38. The van der Waals surface area contributed by atoms with E-state index in [1.165, 1.54) is 27.3 Å². The first-order valence-corrected chi connectivity index (χ1v) is 13.2. The van der Waals surface area contributed by atoms with Crippen molar-refractivity contribution in [2.24, 2.45) is 0 Å². The van der Waals surface area contributed by atoms with Crippen molar-refractivity contribution in [2.45, 2.75) is 0 Å². The molecule has 0 aliphatic carbocycles. The molecule has 0 aromatic heterocycles. The zero-order chi connectivity index (χ0) is 27.3. The summed E-state index contributed by atoms with van der Waals surface area (Å²) in [6, 6.07) is 40.9. The Hall–Kier alpha value is -5.34. The molecule has 0 unspecified atom stereocenters. The molecule has 190 valence electrons. The number of hydrogen-bond acceptors (Lipinski definition) is 2. The summed E-state index contributed by atoms with van der Waals surface area (Å²) in [5.41, 5.74) is 7.92. The summed E-state index contributed by atoms with van der Waals surface area (Å²) in [6.07, 6.45) is 10.2. The molecule has 0 aliphatic rings. The van der Waals surface area contributed by atoms with E-state index in [0.717, 1.165) is 40.2 Å². The van der Waals surface area contributed by atoms with Crippen LogP contribution in [-0.2, 0) is 0 Å². The van der Waals surface area contributed by atoms with E-state index in [2.05, 4.69) is 97.1 Å². The molecule has 2 heteroatoms. The molecule has 0 fully saturated rings. The summed E-state index contributed by atoms with van der Waals surface area (Å²) in [7, 11) is 0. The van der Waals surface area contributed by atoms with Crippen molar-refractivity contribution < 1.29 is 9.59 Å². The second kappa shape index (κ2) is 11.2. The largest absolute Gasteiger partial charge is 0.298 e. The average Bonchev–Trinajstić information content (AvgIpc) is 3.03. The van der Waals surface area contributed by atoms with E-state index < -0.39 is 0 Å². The molecule has 6 rings (SSSR count). The van der Waals surface area contributed by atoms with Gasteiger partial charge in [0, 0.05) is 11.1 Å². The maximum atomic E-state index is 11.1. The average molecular weight is 515 g/mol. The van der Waals surface area contributed by atoms with Crippen LogP contribution < -0.4 is 0 Å². The second-order valence-corrected chi connectivity index (χ2v) is 9.74. The van der Waals surface area contributed by atoms with E-state index in [0.29, 0.717) is 11.1 Å². The third-order valence-electron chi connectivity index (χ3n) is 7.24. The molecule has 0 aliphatic heterocycles. The van der Waals surface area contributed by atoms with Gasteiger partial charge < -0.3 is 0 Å². The van der Waals surface area contributed by atoms with Gasteiger partial charge in [-0.25, -0.2) is 0 Å². The van der Waals surface area contributed by atoms with Crippen molar-refractivity contribution in [1.29, 1.82) is 0 Å². The van der Waals surface area contributed by atoms with Gasteiger partial charge in [-0.05, 0) is 61.0 Å². The first kappa shape index (κ1) is 25.0. The number of carbonyl (C=O) groups excluding carboxylic acids is 2. The summed E-state index contributed by atoms with van der Waals surface area (Å²) in [5, 5.41) is 4.76. The Morgan fingerprint density at radius 3 is 1.57 bits per heavy atom. The van der Waals surface area contributed by atoms with E-state index in [4.69, 9.17) is 0 Å². The van der Waals surface area contributed by atoms with Gasteiger partial charge in [0.2, 0.25) is 0 Å². The predicted octanol–water partition coefficient (Wildman–Crippen LogP) is 9.63. The lowest BCUT2D eigenvalue weighted by molar-refractivity contribution is 0.111. The van der Waals surface area contributed by atoms with E-state index in [9.17, 15) is 9.59 Å². The van der Waals surface area contributed by atoms with Gasteiger partial charge in [0.15, 0.2) is 0 Å². The monoisotopic (exact) mass is 514 g/mol. The van der Waals surface area contributed by atoms with Crippen LogP contribution in [0, 0.1) is 0 Å². The lowest BCUT2D eigenvalue weighted by Gasteiger charge is -2.15. The third kappa shape index (κ3) is 5.03. The quantitative estimate of drug-likeness (QED) is 0.157. The topological polar surface area (TPSA) is 34.1 Å². The maximum absolute atomic E-state index is 11.1. The van der Waals surface area contributed by atoms with Gasteiger partial charge in [0.25, 0.3) is 0 Å². The van der Waals surface area contributed by atoms with Crippen LogP contribution in [0.2, 0.25) is 0 Å². The minimum atomic E-state index is 0.658. The Kier molecular flexibility index (Phi) is 6.98. The van der Waals surface area contributed by atoms with Gasteiger partial charge in [-0.15, -0.1) is 0 Å². The fraction of sp³-hybridized carbons (Fsp3) is 0. The van der Waals surface area contributed by atoms with E-state index >= 15 is 0 Å². The number of aldehydes is 2. The van der Waals surface area contributed by atoms with Crippen LogP contribution in [0.4, 0.5) is 0 Å². The van der Waals surface area contributed by atoms with Gasteiger partial charge >= 0.3 is 0 Å². The minimum Gasteiger partial charge on any atom is -0.298 e. The van der Waals surface area contributed by atoms with Gasteiger partial charge in [0.05, 0.1) is 0 Å². The smallest absolute Gasteiger partial charge is 0.150 e. The number of rotatable bonds is 7. The van der Waals surface area contributed by atoms with Crippen LogP contribution >= 0.6 is 0 Å². The first-order chi connectivity index (χ1) is 19.7. The predicted molar refractivity (Wildman–Crippen MR) is 168 cm³/mol. The molecule has 0 saturated heterocycles. The second-order valence-electron chi connectivity index (χ2n) is 9.74. The Morgan fingerprint density at radius 1 is 0.400 bits per heavy atom. The summed E-state index contributed by atoms with van der Waals surface area (Å²) in [4.78, 5) is 22.2. The van der Waals surface area contributed by atoms with Crippen LogP contribution in [0.5, 0.6) is 0 Å². The van der Waals surface area contributed by atoms with Crippen LogP contribution in [0.3, 0.4) is 0 Å². The van der Waals surface area contributed by atoms with Crippen molar-refractivity contribution in [3.05, 3.63) is 155 Å². The Balaban J connectivity index is 1.56. The minimum absolute atomic E-state index is 0.658. The van der Waals surface area contributed by atoms with Gasteiger partial charge in [-0.3, -0.25) is 9.59 Å². The molecule has 6 aromatic carbocycles. The molecule has 40 heavy (non-hydrogen) atoms. The van der Waals surface area contributed by atoms with Gasteiger partial charge in [0.1, 0.15) is 12.6 Å². The van der Waals surface area contributed by atoms with Crippen molar-refractivity contribution in [3.8, 4) is 11.1 Å². The fourth-order valence-electron chi connectivity index (χ4n) is 5.16. The van der Waals surface area contributed by atoms with Crippen LogP contribution in [0.1, 0.15) is 43.0 Å². The molecule has 0 atom stereocenters. The van der Waals surface area contributed by atoms with Gasteiger partial charge in [-0.2, -0.15) is 0 Å². The number of fused-ring (bicyclic) bond motifs is 2. The fourth-order valence-corrected chi connectivity index (χ4v) is 5.16. The molecule has 0 saturated carbocycles. The first-order valence-electron chi connectivity index (χ1n) is 13.2. The highest BCUT2D eigenvalue weighted by Gasteiger charge is 2.13. The SMILES string of the molecule is O=Cc1ccc(C=Cc2cc(-c3cccc4ccccc34)c3ccccc3c2C=Cc2ccc(C=O)cc2)cc1. The summed E-state index contributed by atoms with van der Waals surface area (Å²) in [5.74, 6) is 0. The van der Waals surface area contributed by atoms with Crippen molar-refractivity contribution in [1.82, 2.24) is 0 Å². The molecule has 6 aromatic rings. The van der Waals surface area contributed by atoms with Gasteiger partial charge in [-0.1, -0.05) is 140 Å². The summed E-state index contributed by atoms with van der Waals surface area (Å²) >= 11 is 0. The molecule has 0 amide bonds. The molecule has 0 N–H and O–H groups in total. The molecular formula is C38H26O2. The molecule has 0 heterocycles. The Labute approximate surface area is 233 Å². The van der Waals surface area contributed by atoms with Crippen molar-refractivity contribution >= 4 is 58.4 Å². The molecule has 0 radical (unpaired) electrons. The number of benzene rings is 6. The lowest BCUT2D eigenvalue weighted by atomic mass is 9.88. The van der Waals surface area contributed by atoms with E-state index in [1.54, 1.807) is 0 Å². The Morgan fingerprint density at radius 2 is 0.925 bits per heavy atom. The standard InChI is InChI=1S/C38H26O2/c39-25-29-16-12-27(13-17-29)20-22-32-24-38(36-11-5-7-31-6-1-2-8-33(31)36)37-10-4-3-9-35(37)34(32)23-21-28-14-18-30(26-40)19-15-28/h1-26H. The highest BCUT2D eigenvalue weighted by molar-refractivity contribution is 6.09. The van der Waals surface area contributed by atoms with E-state index in [-0.39, 0.29) is 0 Å². The number of hydrogen-bond donors (Lipinski definition) is 0. The summed E-state index contributed by atoms with van der Waals surface area (Å²) in [6.45, 7) is 0.